The fourth-order valence-electron chi connectivity index (χ4n) is 3.25. The van der Waals surface area contributed by atoms with Crippen molar-refractivity contribution in [3.05, 3.63) is 65.5 Å². The van der Waals surface area contributed by atoms with Gasteiger partial charge in [0.2, 0.25) is 5.91 Å². The maximum atomic E-state index is 13.3. The van der Waals surface area contributed by atoms with E-state index in [1.54, 1.807) is 15.9 Å². The molecular formula is C22H25FN2O3. The van der Waals surface area contributed by atoms with E-state index in [1.807, 2.05) is 31.2 Å². The van der Waals surface area contributed by atoms with Crippen LogP contribution in [0.5, 0.6) is 5.75 Å². The first-order chi connectivity index (χ1) is 13.5. The van der Waals surface area contributed by atoms with Crippen molar-refractivity contribution in [1.82, 2.24) is 9.80 Å². The van der Waals surface area contributed by atoms with Gasteiger partial charge in [-0.05, 0) is 43.2 Å². The Kier molecular flexibility index (Phi) is 6.63. The molecule has 1 aliphatic rings. The van der Waals surface area contributed by atoms with E-state index in [2.05, 4.69) is 0 Å². The van der Waals surface area contributed by atoms with Crippen molar-refractivity contribution < 1.29 is 18.7 Å². The lowest BCUT2D eigenvalue weighted by Gasteiger charge is -2.35. The summed E-state index contributed by atoms with van der Waals surface area (Å²) in [6.07, 6.45) is 1.07. The molecule has 0 N–H and O–H groups in total. The molecule has 0 radical (unpaired) electrons. The van der Waals surface area contributed by atoms with E-state index in [1.165, 1.54) is 18.2 Å². The van der Waals surface area contributed by atoms with E-state index in [9.17, 15) is 14.0 Å². The highest BCUT2D eigenvalue weighted by Gasteiger charge is 2.24. The molecule has 2 aromatic rings. The number of aryl methyl sites for hydroxylation is 1. The number of hydrogen-bond acceptors (Lipinski definition) is 3. The number of carbonyl (C=O) groups is 2. The summed E-state index contributed by atoms with van der Waals surface area (Å²) in [5, 5.41) is 0. The fraction of sp³-hybridized carbons (Fsp3) is 0.364. The number of para-hydroxylation sites is 1. The summed E-state index contributed by atoms with van der Waals surface area (Å²) >= 11 is 0. The van der Waals surface area contributed by atoms with Gasteiger partial charge in [-0.1, -0.05) is 24.3 Å². The number of amides is 2. The molecule has 0 atom stereocenters. The van der Waals surface area contributed by atoms with Crippen molar-refractivity contribution in [3.63, 3.8) is 0 Å². The van der Waals surface area contributed by atoms with Crippen LogP contribution in [-0.2, 0) is 4.79 Å². The summed E-state index contributed by atoms with van der Waals surface area (Å²) in [7, 11) is 0. The van der Waals surface area contributed by atoms with Gasteiger partial charge in [-0.3, -0.25) is 9.59 Å². The molecular weight excluding hydrogens is 359 g/mol. The summed E-state index contributed by atoms with van der Waals surface area (Å²) in [4.78, 5) is 28.3. The minimum absolute atomic E-state index is 0.0752. The molecule has 0 saturated carbocycles. The van der Waals surface area contributed by atoms with E-state index in [4.69, 9.17) is 4.74 Å². The molecule has 3 rings (SSSR count). The second kappa shape index (κ2) is 9.35. The van der Waals surface area contributed by atoms with Crippen molar-refractivity contribution in [2.24, 2.45) is 0 Å². The highest BCUT2D eigenvalue weighted by atomic mass is 19.1. The summed E-state index contributed by atoms with van der Waals surface area (Å²) in [5.74, 6) is 0.302. The highest BCUT2D eigenvalue weighted by molar-refractivity contribution is 5.94. The zero-order valence-electron chi connectivity index (χ0n) is 16.1. The van der Waals surface area contributed by atoms with Gasteiger partial charge in [0, 0.05) is 38.2 Å². The molecule has 1 heterocycles. The van der Waals surface area contributed by atoms with Gasteiger partial charge < -0.3 is 14.5 Å². The maximum Gasteiger partial charge on any atom is 0.254 e. The third kappa shape index (κ3) is 5.09. The van der Waals surface area contributed by atoms with E-state index in [-0.39, 0.29) is 11.8 Å². The van der Waals surface area contributed by atoms with Crippen LogP contribution in [0.4, 0.5) is 4.39 Å². The lowest BCUT2D eigenvalue weighted by Crippen LogP contribution is -2.50. The summed E-state index contributed by atoms with van der Waals surface area (Å²) in [5.41, 5.74) is 1.42. The zero-order valence-corrected chi connectivity index (χ0v) is 16.1. The average Bonchev–Trinajstić information content (AvgIpc) is 2.72. The number of hydrogen-bond donors (Lipinski definition) is 0. The molecule has 0 aromatic heterocycles. The minimum atomic E-state index is -0.424. The van der Waals surface area contributed by atoms with Crippen molar-refractivity contribution in [1.29, 1.82) is 0 Å². The predicted octanol–water partition coefficient (Wildman–Crippen LogP) is 3.28. The van der Waals surface area contributed by atoms with Crippen LogP contribution in [0.2, 0.25) is 0 Å². The van der Waals surface area contributed by atoms with E-state index in [0.717, 1.165) is 11.3 Å². The van der Waals surface area contributed by atoms with Crippen LogP contribution < -0.4 is 4.74 Å². The van der Waals surface area contributed by atoms with Gasteiger partial charge in [-0.2, -0.15) is 0 Å². The van der Waals surface area contributed by atoms with Crippen LogP contribution in [0.3, 0.4) is 0 Å². The molecule has 0 spiro atoms. The topological polar surface area (TPSA) is 49.9 Å². The molecule has 2 aromatic carbocycles. The Morgan fingerprint density at radius 2 is 1.71 bits per heavy atom. The number of halogens is 1. The lowest BCUT2D eigenvalue weighted by molar-refractivity contribution is -0.132. The van der Waals surface area contributed by atoms with Gasteiger partial charge in [0.15, 0.2) is 0 Å². The van der Waals surface area contributed by atoms with Crippen LogP contribution >= 0.6 is 0 Å². The largest absolute Gasteiger partial charge is 0.493 e. The van der Waals surface area contributed by atoms with Gasteiger partial charge in [0.25, 0.3) is 5.91 Å². The van der Waals surface area contributed by atoms with Crippen molar-refractivity contribution in [2.45, 2.75) is 19.8 Å². The van der Waals surface area contributed by atoms with Crippen LogP contribution in [0.25, 0.3) is 0 Å². The first kappa shape index (κ1) is 19.9. The van der Waals surface area contributed by atoms with Crippen molar-refractivity contribution >= 4 is 11.8 Å². The number of nitrogens with zero attached hydrogens (tertiary/aromatic N) is 2. The van der Waals surface area contributed by atoms with Gasteiger partial charge >= 0.3 is 0 Å². The van der Waals surface area contributed by atoms with Gasteiger partial charge in [0.05, 0.1) is 6.61 Å². The Morgan fingerprint density at radius 3 is 2.43 bits per heavy atom. The van der Waals surface area contributed by atoms with E-state index in [0.29, 0.717) is 51.2 Å². The Bertz CT molecular complexity index is 832. The normalized spacial score (nSPS) is 14.1. The highest BCUT2D eigenvalue weighted by Crippen LogP contribution is 2.17. The molecule has 1 aliphatic heterocycles. The third-order valence-corrected chi connectivity index (χ3v) is 4.88. The first-order valence-corrected chi connectivity index (χ1v) is 9.55. The Morgan fingerprint density at radius 1 is 1.00 bits per heavy atom. The standard InChI is InChI=1S/C22H25FN2O3/c1-17-6-2-3-9-20(17)28-15-5-10-21(26)24-11-13-25(14-12-24)22(27)18-7-4-8-19(23)16-18/h2-4,6-9,16H,5,10-15H2,1H3. The fourth-order valence-corrected chi connectivity index (χ4v) is 3.25. The van der Waals surface area contributed by atoms with Crippen molar-refractivity contribution in [2.75, 3.05) is 32.8 Å². The SMILES string of the molecule is Cc1ccccc1OCCCC(=O)N1CCN(C(=O)c2cccc(F)c2)CC1. The molecule has 28 heavy (non-hydrogen) atoms. The van der Waals surface area contributed by atoms with E-state index < -0.39 is 5.82 Å². The van der Waals surface area contributed by atoms with Crippen LogP contribution in [0, 0.1) is 12.7 Å². The summed E-state index contributed by atoms with van der Waals surface area (Å²) in [6, 6.07) is 13.5. The number of piperazine rings is 1. The monoisotopic (exact) mass is 384 g/mol. The zero-order chi connectivity index (χ0) is 19.9. The molecule has 2 amide bonds. The summed E-state index contributed by atoms with van der Waals surface area (Å²) in [6.45, 7) is 4.40. The quantitative estimate of drug-likeness (QED) is 0.718. The lowest BCUT2D eigenvalue weighted by atomic mass is 10.1. The second-order valence-corrected chi connectivity index (χ2v) is 6.90. The van der Waals surface area contributed by atoms with Gasteiger partial charge in [-0.15, -0.1) is 0 Å². The smallest absolute Gasteiger partial charge is 0.254 e. The minimum Gasteiger partial charge on any atom is -0.493 e. The van der Waals surface area contributed by atoms with Gasteiger partial charge in [0.1, 0.15) is 11.6 Å². The van der Waals surface area contributed by atoms with Crippen LogP contribution in [0.1, 0.15) is 28.8 Å². The Labute approximate surface area is 164 Å². The number of benzene rings is 2. The van der Waals surface area contributed by atoms with Crippen LogP contribution in [-0.4, -0.2) is 54.4 Å². The Hall–Kier alpha value is -2.89. The summed E-state index contributed by atoms with van der Waals surface area (Å²) < 4.78 is 19.0. The third-order valence-electron chi connectivity index (χ3n) is 4.88. The molecule has 0 bridgehead atoms. The van der Waals surface area contributed by atoms with Crippen LogP contribution in [0.15, 0.2) is 48.5 Å². The average molecular weight is 384 g/mol. The molecule has 6 heteroatoms. The number of ether oxygens (including phenoxy) is 1. The van der Waals surface area contributed by atoms with Gasteiger partial charge in [-0.25, -0.2) is 4.39 Å². The molecule has 1 fully saturated rings. The number of carbonyl (C=O) groups excluding carboxylic acids is 2. The Balaban J connectivity index is 1.40. The number of rotatable bonds is 6. The maximum absolute atomic E-state index is 13.3. The first-order valence-electron chi connectivity index (χ1n) is 9.55. The molecule has 1 saturated heterocycles. The molecule has 0 unspecified atom stereocenters. The molecule has 0 aliphatic carbocycles. The van der Waals surface area contributed by atoms with Crippen molar-refractivity contribution in [3.8, 4) is 5.75 Å². The molecule has 5 nitrogen and oxygen atoms in total. The second-order valence-electron chi connectivity index (χ2n) is 6.90. The predicted molar refractivity (Wildman–Crippen MR) is 105 cm³/mol. The molecule has 148 valence electrons. The van der Waals surface area contributed by atoms with E-state index >= 15 is 0 Å².